The highest BCUT2D eigenvalue weighted by molar-refractivity contribution is 14.1. The molecule has 0 saturated carbocycles. The molecule has 0 spiro atoms. The Bertz CT molecular complexity index is 56.3. The third-order valence-electron chi connectivity index (χ3n) is 0.358. The molecule has 0 heterocycles. The number of hydrogen-bond acceptors (Lipinski definition) is 0. The molecule has 0 fully saturated rings. The van der Waals surface area contributed by atoms with Gasteiger partial charge in [-0.3, -0.25) is 0 Å². The molecule has 36 valence electrons. The van der Waals surface area contributed by atoms with Crippen LogP contribution in [-0.2, 0) is 0 Å². The van der Waals surface area contributed by atoms with Gasteiger partial charge in [-0.05, 0) is 6.55 Å². The average Bonchev–Trinajstić information content (AvgIpc) is 1.35. The highest BCUT2D eigenvalue weighted by Crippen LogP contribution is 2.17. The second-order valence-electron chi connectivity index (χ2n) is 1.16. The number of rotatable bonds is 1. The van der Waals surface area contributed by atoms with E-state index < -0.39 is 4.88 Å². The van der Waals surface area contributed by atoms with Crippen molar-refractivity contribution in [1.29, 1.82) is 0 Å². The van der Waals surface area contributed by atoms with Gasteiger partial charge in [-0.25, -0.2) is 0 Å². The molecule has 6 heavy (non-hydrogen) atoms. The Labute approximate surface area is 56.5 Å². The third kappa shape index (κ3) is 4.98. The molecular formula is C3H6ClISi. The van der Waals surface area contributed by atoms with E-state index in [0.717, 1.165) is 0 Å². The molecule has 0 aliphatic rings. The summed E-state index contributed by atoms with van der Waals surface area (Å²) in [5.41, 5.74) is 1.83. The standard InChI is InChI=1S/C3H6ClISi/c1-3-6(2,4)5/h3H,1H2,2H3. The van der Waals surface area contributed by atoms with Gasteiger partial charge in [0.25, 0.3) is 0 Å². The maximum Gasteiger partial charge on any atom is 0.240 e. The fourth-order valence-electron chi connectivity index (χ4n) is 0. The summed E-state index contributed by atoms with van der Waals surface area (Å²) in [5.74, 6) is 0. The van der Waals surface area contributed by atoms with Crippen molar-refractivity contribution in [2.75, 3.05) is 0 Å². The van der Waals surface area contributed by atoms with E-state index in [0.29, 0.717) is 0 Å². The van der Waals surface area contributed by atoms with E-state index in [1.807, 2.05) is 12.2 Å². The lowest BCUT2D eigenvalue weighted by Gasteiger charge is -1.97. The van der Waals surface area contributed by atoms with Crippen LogP contribution in [0.3, 0.4) is 0 Å². The van der Waals surface area contributed by atoms with Crippen LogP contribution in [0.5, 0.6) is 0 Å². The van der Waals surface area contributed by atoms with Gasteiger partial charge in [0, 0.05) is 0 Å². The molecule has 0 aromatic carbocycles. The second-order valence-corrected chi connectivity index (χ2v) is 14.5. The SMILES string of the molecule is C=C[Si](C)(Cl)I. The number of halogens is 2. The molecule has 0 aromatic heterocycles. The van der Waals surface area contributed by atoms with Crippen LogP contribution in [0, 0.1) is 0 Å². The van der Waals surface area contributed by atoms with E-state index in [4.69, 9.17) is 11.1 Å². The van der Waals surface area contributed by atoms with Crippen molar-refractivity contribution in [1.82, 2.24) is 0 Å². The topological polar surface area (TPSA) is 0 Å². The first-order valence-corrected chi connectivity index (χ1v) is 8.28. The second kappa shape index (κ2) is 2.33. The lowest BCUT2D eigenvalue weighted by molar-refractivity contribution is 2.21. The molecule has 0 nitrogen and oxygen atoms in total. The molecule has 0 bridgehead atoms. The smallest absolute Gasteiger partial charge is 0.148 e. The van der Waals surface area contributed by atoms with Gasteiger partial charge in [-0.15, -0.1) is 17.7 Å². The predicted molar refractivity (Wildman–Crippen MR) is 41.7 cm³/mol. The summed E-state index contributed by atoms with van der Waals surface area (Å²) in [6.07, 6.45) is 0. The lowest BCUT2D eigenvalue weighted by atomic mass is 11.3. The Hall–Kier alpha value is 0.977. The first-order valence-electron chi connectivity index (χ1n) is 1.57. The maximum atomic E-state index is 5.73. The summed E-state index contributed by atoms with van der Waals surface area (Å²) in [6.45, 7) is 5.57. The van der Waals surface area contributed by atoms with Crippen LogP contribution in [-0.4, -0.2) is 4.88 Å². The molecule has 0 rings (SSSR count). The van der Waals surface area contributed by atoms with Crippen LogP contribution >= 0.6 is 32.9 Å². The molecule has 1 atom stereocenters. The first-order chi connectivity index (χ1) is 2.56. The molecule has 0 aromatic rings. The van der Waals surface area contributed by atoms with Gasteiger partial charge in [-0.1, -0.05) is 27.5 Å². The van der Waals surface area contributed by atoms with Gasteiger partial charge in [-0.2, -0.15) is 0 Å². The van der Waals surface area contributed by atoms with Crippen molar-refractivity contribution < 1.29 is 0 Å². The van der Waals surface area contributed by atoms with E-state index in [9.17, 15) is 0 Å². The molecule has 0 amide bonds. The monoisotopic (exact) mass is 232 g/mol. The highest BCUT2D eigenvalue weighted by atomic mass is 127. The Balaban J connectivity index is 3.45. The molecule has 0 aliphatic carbocycles. The fourth-order valence-corrected chi connectivity index (χ4v) is 0. The molecule has 1 unspecified atom stereocenters. The molecule has 0 N–H and O–H groups in total. The van der Waals surface area contributed by atoms with Crippen molar-refractivity contribution in [3.8, 4) is 0 Å². The van der Waals surface area contributed by atoms with Gasteiger partial charge in [0.1, 0.15) is 0 Å². The van der Waals surface area contributed by atoms with E-state index >= 15 is 0 Å². The predicted octanol–water partition coefficient (Wildman–Crippen LogP) is 2.46. The van der Waals surface area contributed by atoms with Gasteiger partial charge in [0.15, 0.2) is 0 Å². The lowest BCUT2D eigenvalue weighted by Crippen LogP contribution is -2.04. The number of hydrogen-bond donors (Lipinski definition) is 0. The van der Waals surface area contributed by atoms with Crippen LogP contribution in [0.4, 0.5) is 0 Å². The zero-order valence-corrected chi connectivity index (χ0v) is 7.45. The Morgan fingerprint density at radius 1 is 2.00 bits per heavy atom. The maximum absolute atomic E-state index is 5.73. The largest absolute Gasteiger partial charge is 0.240 e. The summed E-state index contributed by atoms with van der Waals surface area (Å²) in [4.78, 5) is -1.43. The van der Waals surface area contributed by atoms with Crippen molar-refractivity contribution in [3.05, 3.63) is 12.3 Å². The zero-order chi connectivity index (χ0) is 5.21. The van der Waals surface area contributed by atoms with Gasteiger partial charge in [0.05, 0.1) is 0 Å². The Morgan fingerprint density at radius 2 is 2.17 bits per heavy atom. The summed E-state index contributed by atoms with van der Waals surface area (Å²) in [5, 5.41) is 0. The first kappa shape index (κ1) is 6.98. The Kier molecular flexibility index (Phi) is 2.71. The summed E-state index contributed by atoms with van der Waals surface area (Å²) >= 11 is 7.95. The van der Waals surface area contributed by atoms with Crippen LogP contribution < -0.4 is 0 Å². The van der Waals surface area contributed by atoms with Gasteiger partial charge >= 0.3 is 0 Å². The molecular weight excluding hydrogens is 226 g/mol. The van der Waals surface area contributed by atoms with Crippen molar-refractivity contribution >= 4 is 37.8 Å². The van der Waals surface area contributed by atoms with Crippen LogP contribution in [0.2, 0.25) is 6.55 Å². The normalized spacial score (nSPS) is 19.2. The summed E-state index contributed by atoms with van der Waals surface area (Å²) in [6, 6.07) is 0. The fraction of sp³-hybridized carbons (Fsp3) is 0.333. The molecule has 0 aliphatic heterocycles. The van der Waals surface area contributed by atoms with Crippen molar-refractivity contribution in [3.63, 3.8) is 0 Å². The minimum atomic E-state index is -1.43. The van der Waals surface area contributed by atoms with E-state index in [1.54, 1.807) is 0 Å². The van der Waals surface area contributed by atoms with Crippen molar-refractivity contribution in [2.24, 2.45) is 0 Å². The third-order valence-corrected chi connectivity index (χ3v) is 2.86. The Morgan fingerprint density at radius 3 is 2.17 bits per heavy atom. The van der Waals surface area contributed by atoms with Gasteiger partial charge in [0.2, 0.25) is 4.88 Å². The van der Waals surface area contributed by atoms with Gasteiger partial charge < -0.3 is 0 Å². The summed E-state index contributed by atoms with van der Waals surface area (Å²) in [7, 11) is 0. The molecule has 3 heteroatoms. The average molecular weight is 233 g/mol. The minimum absolute atomic E-state index is 1.43. The highest BCUT2D eigenvalue weighted by Gasteiger charge is 2.11. The van der Waals surface area contributed by atoms with E-state index in [2.05, 4.69) is 28.4 Å². The molecule has 0 saturated heterocycles. The molecule has 0 radical (unpaired) electrons. The summed E-state index contributed by atoms with van der Waals surface area (Å²) < 4.78 is 0. The quantitative estimate of drug-likeness (QED) is 0.370. The van der Waals surface area contributed by atoms with Crippen molar-refractivity contribution in [2.45, 2.75) is 6.55 Å². The van der Waals surface area contributed by atoms with Crippen LogP contribution in [0.25, 0.3) is 0 Å². The zero-order valence-electron chi connectivity index (χ0n) is 3.54. The van der Waals surface area contributed by atoms with Crippen LogP contribution in [0.1, 0.15) is 0 Å². The van der Waals surface area contributed by atoms with Crippen LogP contribution in [0.15, 0.2) is 12.3 Å². The van der Waals surface area contributed by atoms with E-state index in [1.165, 1.54) is 0 Å². The van der Waals surface area contributed by atoms with E-state index in [-0.39, 0.29) is 0 Å². The minimum Gasteiger partial charge on any atom is -0.148 e.